The molecule has 1 aliphatic heterocycles. The number of amides is 2. The monoisotopic (exact) mass is 370 g/mol. The molecule has 2 aliphatic rings. The van der Waals surface area contributed by atoms with Crippen molar-refractivity contribution in [2.75, 3.05) is 33.3 Å². The third-order valence-corrected chi connectivity index (χ3v) is 5.54. The number of aryl methyl sites for hydroxylation is 1. The van der Waals surface area contributed by atoms with Crippen LogP contribution >= 0.6 is 0 Å². The van der Waals surface area contributed by atoms with E-state index in [4.69, 9.17) is 4.74 Å². The maximum absolute atomic E-state index is 12.6. The van der Waals surface area contributed by atoms with E-state index in [0.717, 1.165) is 50.1 Å². The van der Waals surface area contributed by atoms with E-state index in [9.17, 15) is 9.59 Å². The summed E-state index contributed by atoms with van der Waals surface area (Å²) in [7, 11) is 1.65. The number of allylic oxidation sites excluding steroid dienone is 2. The lowest BCUT2D eigenvalue weighted by molar-refractivity contribution is -0.133. The fourth-order valence-electron chi connectivity index (χ4n) is 3.84. The van der Waals surface area contributed by atoms with Crippen LogP contribution in [-0.2, 0) is 16.0 Å². The molecule has 1 fully saturated rings. The topological polar surface area (TPSA) is 49.9 Å². The van der Waals surface area contributed by atoms with E-state index in [0.29, 0.717) is 31.8 Å². The number of hydrogen-bond donors (Lipinski definition) is 0. The molecule has 1 saturated heterocycles. The standard InChI is InChI=1S/C22H30N2O3/c1-27-20-10-7-18(8-11-20)9-12-21(25)23-13-4-14-24(16-15-23)22(26)17-19-5-2-3-6-19/h2,5,7-8,10-11,19H,3-4,6,9,12-17H2,1H3/t19-/m0/s1. The third-order valence-electron chi connectivity index (χ3n) is 5.54. The molecule has 0 aromatic heterocycles. The molecule has 3 rings (SSSR count). The van der Waals surface area contributed by atoms with E-state index in [1.165, 1.54) is 0 Å². The zero-order valence-corrected chi connectivity index (χ0v) is 16.2. The van der Waals surface area contributed by atoms with E-state index in [1.54, 1.807) is 7.11 Å². The van der Waals surface area contributed by atoms with Crippen molar-refractivity contribution in [3.05, 3.63) is 42.0 Å². The number of nitrogens with zero attached hydrogens (tertiary/aromatic N) is 2. The number of methoxy groups -OCH3 is 1. The van der Waals surface area contributed by atoms with Crippen molar-refractivity contribution >= 4 is 11.8 Å². The lowest BCUT2D eigenvalue weighted by Crippen LogP contribution is -2.37. The highest BCUT2D eigenvalue weighted by molar-refractivity contribution is 5.78. The molecule has 0 saturated carbocycles. The van der Waals surface area contributed by atoms with Gasteiger partial charge in [-0.3, -0.25) is 9.59 Å². The Hall–Kier alpha value is -2.30. The first-order chi connectivity index (χ1) is 13.2. The van der Waals surface area contributed by atoms with E-state index in [2.05, 4.69) is 12.2 Å². The maximum Gasteiger partial charge on any atom is 0.223 e. The number of hydrogen-bond acceptors (Lipinski definition) is 3. The molecular weight excluding hydrogens is 340 g/mol. The minimum absolute atomic E-state index is 0.179. The van der Waals surface area contributed by atoms with Crippen molar-refractivity contribution in [2.24, 2.45) is 5.92 Å². The van der Waals surface area contributed by atoms with Crippen molar-refractivity contribution in [1.29, 1.82) is 0 Å². The van der Waals surface area contributed by atoms with Crippen LogP contribution in [0.2, 0.25) is 0 Å². The summed E-state index contributed by atoms with van der Waals surface area (Å²) in [4.78, 5) is 29.0. The predicted molar refractivity (Wildman–Crippen MR) is 106 cm³/mol. The lowest BCUT2D eigenvalue weighted by atomic mass is 10.0. The molecule has 146 valence electrons. The quantitative estimate of drug-likeness (QED) is 0.723. The van der Waals surface area contributed by atoms with Crippen LogP contribution in [-0.4, -0.2) is 54.9 Å². The van der Waals surface area contributed by atoms with E-state index in [1.807, 2.05) is 34.1 Å². The minimum atomic E-state index is 0.179. The van der Waals surface area contributed by atoms with Crippen LogP contribution in [0.1, 0.15) is 37.7 Å². The molecule has 1 aliphatic carbocycles. The Morgan fingerprint density at radius 3 is 2.37 bits per heavy atom. The van der Waals surface area contributed by atoms with Gasteiger partial charge in [0, 0.05) is 39.0 Å². The van der Waals surface area contributed by atoms with Crippen LogP contribution in [0.3, 0.4) is 0 Å². The molecular formula is C22H30N2O3. The van der Waals surface area contributed by atoms with Gasteiger partial charge >= 0.3 is 0 Å². The van der Waals surface area contributed by atoms with Crippen LogP contribution in [0, 0.1) is 5.92 Å². The second-order valence-corrected chi connectivity index (χ2v) is 7.43. The van der Waals surface area contributed by atoms with Crippen LogP contribution in [0.25, 0.3) is 0 Å². The van der Waals surface area contributed by atoms with Crippen molar-refractivity contribution < 1.29 is 14.3 Å². The second kappa shape index (κ2) is 9.58. The van der Waals surface area contributed by atoms with Gasteiger partial charge in [0.2, 0.25) is 11.8 Å². The van der Waals surface area contributed by atoms with Crippen molar-refractivity contribution in [3.63, 3.8) is 0 Å². The second-order valence-electron chi connectivity index (χ2n) is 7.43. The van der Waals surface area contributed by atoms with Crippen LogP contribution in [0.4, 0.5) is 0 Å². The highest BCUT2D eigenvalue weighted by Crippen LogP contribution is 2.21. The van der Waals surface area contributed by atoms with E-state index >= 15 is 0 Å². The molecule has 1 aromatic carbocycles. The molecule has 1 aromatic rings. The van der Waals surface area contributed by atoms with Gasteiger partial charge < -0.3 is 14.5 Å². The largest absolute Gasteiger partial charge is 0.497 e. The van der Waals surface area contributed by atoms with Crippen molar-refractivity contribution in [1.82, 2.24) is 9.80 Å². The zero-order valence-electron chi connectivity index (χ0n) is 16.2. The van der Waals surface area contributed by atoms with Crippen molar-refractivity contribution in [2.45, 2.75) is 38.5 Å². The van der Waals surface area contributed by atoms with Gasteiger partial charge in [-0.1, -0.05) is 24.3 Å². The average molecular weight is 370 g/mol. The summed E-state index contributed by atoms with van der Waals surface area (Å²) in [6.07, 6.45) is 9.24. The SMILES string of the molecule is COc1ccc(CCC(=O)N2CCCN(C(=O)C[C@H]3C=CCC3)CC2)cc1. The molecule has 0 spiro atoms. The minimum Gasteiger partial charge on any atom is -0.497 e. The molecule has 1 atom stereocenters. The highest BCUT2D eigenvalue weighted by Gasteiger charge is 2.23. The molecule has 0 N–H and O–H groups in total. The average Bonchev–Trinajstić information content (AvgIpc) is 3.07. The van der Waals surface area contributed by atoms with Crippen LogP contribution in [0.15, 0.2) is 36.4 Å². The summed E-state index contributed by atoms with van der Waals surface area (Å²) in [5.41, 5.74) is 1.14. The number of carbonyl (C=O) groups excluding carboxylic acids is 2. The summed E-state index contributed by atoms with van der Waals surface area (Å²) < 4.78 is 5.16. The Balaban J connectivity index is 1.44. The predicted octanol–water partition coefficient (Wildman–Crippen LogP) is 3.05. The first-order valence-corrected chi connectivity index (χ1v) is 10.0. The molecule has 1 heterocycles. The Morgan fingerprint density at radius 1 is 1.04 bits per heavy atom. The Morgan fingerprint density at radius 2 is 1.74 bits per heavy atom. The zero-order chi connectivity index (χ0) is 19.1. The van der Waals surface area contributed by atoms with Gasteiger partial charge in [-0.2, -0.15) is 0 Å². The number of benzene rings is 1. The first-order valence-electron chi connectivity index (χ1n) is 10.0. The summed E-state index contributed by atoms with van der Waals surface area (Å²) >= 11 is 0. The van der Waals surface area contributed by atoms with Crippen molar-refractivity contribution in [3.8, 4) is 5.75 Å². The van der Waals surface area contributed by atoms with E-state index < -0.39 is 0 Å². The first kappa shape index (κ1) is 19.5. The van der Waals surface area contributed by atoms with Crippen LogP contribution < -0.4 is 4.74 Å². The Bertz CT molecular complexity index is 669. The molecule has 5 heteroatoms. The van der Waals surface area contributed by atoms with Gasteiger partial charge in [-0.15, -0.1) is 0 Å². The van der Waals surface area contributed by atoms with Gasteiger partial charge in [-0.05, 0) is 49.3 Å². The molecule has 2 amide bonds. The summed E-state index contributed by atoms with van der Waals surface area (Å²) in [5.74, 6) is 1.65. The normalized spacial score (nSPS) is 19.8. The van der Waals surface area contributed by atoms with Gasteiger partial charge in [0.15, 0.2) is 0 Å². The fourth-order valence-corrected chi connectivity index (χ4v) is 3.84. The summed E-state index contributed by atoms with van der Waals surface area (Å²) in [6, 6.07) is 7.86. The molecule has 0 radical (unpaired) electrons. The maximum atomic E-state index is 12.6. The molecule has 5 nitrogen and oxygen atoms in total. The number of rotatable bonds is 6. The molecule has 0 unspecified atom stereocenters. The number of ether oxygens (including phenoxy) is 1. The smallest absolute Gasteiger partial charge is 0.223 e. The van der Waals surface area contributed by atoms with Gasteiger partial charge in [0.25, 0.3) is 0 Å². The fraction of sp³-hybridized carbons (Fsp3) is 0.545. The van der Waals surface area contributed by atoms with E-state index in [-0.39, 0.29) is 11.8 Å². The molecule has 27 heavy (non-hydrogen) atoms. The Kier molecular flexibility index (Phi) is 6.91. The number of carbonyl (C=O) groups is 2. The third kappa shape index (κ3) is 5.59. The summed E-state index contributed by atoms with van der Waals surface area (Å²) in [5, 5.41) is 0. The van der Waals surface area contributed by atoms with Gasteiger partial charge in [-0.25, -0.2) is 0 Å². The van der Waals surface area contributed by atoms with Crippen LogP contribution in [0.5, 0.6) is 5.75 Å². The molecule has 0 bridgehead atoms. The van der Waals surface area contributed by atoms with Gasteiger partial charge in [0.05, 0.1) is 7.11 Å². The highest BCUT2D eigenvalue weighted by atomic mass is 16.5. The Labute approximate surface area is 162 Å². The summed E-state index contributed by atoms with van der Waals surface area (Å²) in [6.45, 7) is 2.81. The van der Waals surface area contributed by atoms with Gasteiger partial charge in [0.1, 0.15) is 5.75 Å². The lowest BCUT2D eigenvalue weighted by Gasteiger charge is -2.23.